The molecule has 0 rings (SSSR count). The third kappa shape index (κ3) is 10.3. The van der Waals surface area contributed by atoms with Crippen LogP contribution in [0.1, 0.15) is 86.0 Å². The number of hydrogen-bond acceptors (Lipinski definition) is 0. The third-order valence-corrected chi connectivity index (χ3v) is 3.34. The fourth-order valence-corrected chi connectivity index (χ4v) is 2.11. The van der Waals surface area contributed by atoms with Crippen molar-refractivity contribution in [1.29, 1.82) is 0 Å². The number of hydrogen-bond donors (Lipinski definition) is 0. The SMILES string of the molecule is CCCCC(C)(C)CCCCCC(C)C. The van der Waals surface area contributed by atoms with Crippen molar-refractivity contribution < 1.29 is 0 Å². The van der Waals surface area contributed by atoms with Gasteiger partial charge in [-0.05, 0) is 24.2 Å². The summed E-state index contributed by atoms with van der Waals surface area (Å²) < 4.78 is 0. The van der Waals surface area contributed by atoms with Crippen molar-refractivity contribution in [1.82, 2.24) is 0 Å². The summed E-state index contributed by atoms with van der Waals surface area (Å²) in [6.45, 7) is 11.8. The minimum absolute atomic E-state index is 0.591. The molecule has 0 N–H and O–H groups in total. The largest absolute Gasteiger partial charge is 0.0654 e. The minimum Gasteiger partial charge on any atom is -0.0654 e. The zero-order valence-corrected chi connectivity index (χ0v) is 11.7. The fraction of sp³-hybridized carbons (Fsp3) is 1.00. The molecule has 0 radical (unpaired) electrons. The van der Waals surface area contributed by atoms with Crippen LogP contribution in [0.5, 0.6) is 0 Å². The van der Waals surface area contributed by atoms with Crippen LogP contribution in [0.25, 0.3) is 0 Å². The number of unbranched alkanes of at least 4 members (excludes halogenated alkanes) is 3. The summed E-state index contributed by atoms with van der Waals surface area (Å²) in [4.78, 5) is 0. The molecular formula is C15H32. The summed E-state index contributed by atoms with van der Waals surface area (Å²) >= 11 is 0. The summed E-state index contributed by atoms with van der Waals surface area (Å²) in [6.07, 6.45) is 11.3. The van der Waals surface area contributed by atoms with E-state index in [0.717, 1.165) is 5.92 Å². The van der Waals surface area contributed by atoms with Crippen molar-refractivity contribution in [2.45, 2.75) is 86.0 Å². The maximum absolute atomic E-state index is 2.44. The molecule has 0 saturated carbocycles. The van der Waals surface area contributed by atoms with Crippen LogP contribution in [0.3, 0.4) is 0 Å². The molecule has 92 valence electrons. The van der Waals surface area contributed by atoms with Crippen LogP contribution in [-0.4, -0.2) is 0 Å². The van der Waals surface area contributed by atoms with Crippen LogP contribution in [0.2, 0.25) is 0 Å². The van der Waals surface area contributed by atoms with E-state index in [4.69, 9.17) is 0 Å². The average Bonchev–Trinajstić information content (AvgIpc) is 2.14. The molecule has 0 saturated heterocycles. The first kappa shape index (κ1) is 15.0. The van der Waals surface area contributed by atoms with Gasteiger partial charge >= 0.3 is 0 Å². The molecule has 0 atom stereocenters. The van der Waals surface area contributed by atoms with Crippen molar-refractivity contribution in [2.75, 3.05) is 0 Å². The van der Waals surface area contributed by atoms with E-state index in [1.54, 1.807) is 0 Å². The molecule has 0 amide bonds. The molecule has 0 aromatic heterocycles. The van der Waals surface area contributed by atoms with Crippen molar-refractivity contribution in [2.24, 2.45) is 11.3 Å². The Morgan fingerprint density at radius 3 is 2.00 bits per heavy atom. The normalized spacial score (nSPS) is 12.4. The topological polar surface area (TPSA) is 0 Å². The highest BCUT2D eigenvalue weighted by atomic mass is 14.2. The second-order valence-electron chi connectivity index (χ2n) is 6.26. The van der Waals surface area contributed by atoms with E-state index in [-0.39, 0.29) is 0 Å². The van der Waals surface area contributed by atoms with E-state index in [1.807, 2.05) is 0 Å². The molecule has 15 heavy (non-hydrogen) atoms. The second kappa shape index (κ2) is 8.19. The molecule has 0 heterocycles. The molecule has 0 aliphatic carbocycles. The summed E-state index contributed by atoms with van der Waals surface area (Å²) in [5.41, 5.74) is 0.591. The van der Waals surface area contributed by atoms with E-state index in [9.17, 15) is 0 Å². The van der Waals surface area contributed by atoms with E-state index >= 15 is 0 Å². The van der Waals surface area contributed by atoms with Crippen LogP contribution in [0.4, 0.5) is 0 Å². The van der Waals surface area contributed by atoms with Gasteiger partial charge in [-0.3, -0.25) is 0 Å². The Kier molecular flexibility index (Phi) is 8.19. The minimum atomic E-state index is 0.591. The maximum Gasteiger partial charge on any atom is -0.0354 e. The lowest BCUT2D eigenvalue weighted by atomic mass is 9.82. The predicted molar refractivity (Wildman–Crippen MR) is 71.2 cm³/mol. The molecular weight excluding hydrogens is 180 g/mol. The highest BCUT2D eigenvalue weighted by Gasteiger charge is 2.15. The van der Waals surface area contributed by atoms with E-state index in [2.05, 4.69) is 34.6 Å². The van der Waals surface area contributed by atoms with Gasteiger partial charge in [0.1, 0.15) is 0 Å². The van der Waals surface area contributed by atoms with Crippen LogP contribution >= 0.6 is 0 Å². The summed E-state index contributed by atoms with van der Waals surface area (Å²) in [5, 5.41) is 0. The highest BCUT2D eigenvalue weighted by Crippen LogP contribution is 2.29. The Morgan fingerprint density at radius 2 is 1.47 bits per heavy atom. The summed E-state index contributed by atoms with van der Waals surface area (Å²) in [5.74, 6) is 0.887. The van der Waals surface area contributed by atoms with E-state index < -0.39 is 0 Å². The van der Waals surface area contributed by atoms with Gasteiger partial charge in [-0.2, -0.15) is 0 Å². The van der Waals surface area contributed by atoms with Crippen LogP contribution in [0, 0.1) is 11.3 Å². The van der Waals surface area contributed by atoms with Gasteiger partial charge in [-0.15, -0.1) is 0 Å². The van der Waals surface area contributed by atoms with E-state index in [1.165, 1.54) is 51.4 Å². The third-order valence-electron chi connectivity index (χ3n) is 3.34. The Hall–Kier alpha value is 0. The molecule has 0 aliphatic rings. The van der Waals surface area contributed by atoms with Crippen LogP contribution in [-0.2, 0) is 0 Å². The standard InChI is InChI=1S/C15H32/c1-6-7-12-15(4,5)13-10-8-9-11-14(2)3/h14H,6-13H2,1-5H3. The highest BCUT2D eigenvalue weighted by molar-refractivity contribution is 4.68. The van der Waals surface area contributed by atoms with Crippen molar-refractivity contribution >= 4 is 0 Å². The smallest absolute Gasteiger partial charge is 0.0354 e. The molecule has 0 aromatic carbocycles. The first-order valence-corrected chi connectivity index (χ1v) is 6.98. The van der Waals surface area contributed by atoms with Gasteiger partial charge < -0.3 is 0 Å². The van der Waals surface area contributed by atoms with Gasteiger partial charge in [0.25, 0.3) is 0 Å². The lowest BCUT2D eigenvalue weighted by Gasteiger charge is -2.24. The van der Waals surface area contributed by atoms with Gasteiger partial charge in [0.2, 0.25) is 0 Å². The quantitative estimate of drug-likeness (QED) is 0.423. The van der Waals surface area contributed by atoms with Gasteiger partial charge in [0.15, 0.2) is 0 Å². The second-order valence-corrected chi connectivity index (χ2v) is 6.26. The Labute approximate surface area is 97.8 Å². The summed E-state index contributed by atoms with van der Waals surface area (Å²) in [6, 6.07) is 0. The maximum atomic E-state index is 2.44. The monoisotopic (exact) mass is 212 g/mol. The van der Waals surface area contributed by atoms with Crippen molar-refractivity contribution in [3.8, 4) is 0 Å². The lowest BCUT2D eigenvalue weighted by molar-refractivity contribution is 0.284. The Bertz CT molecular complexity index is 133. The molecule has 0 fully saturated rings. The molecule has 0 heteroatoms. The molecule has 0 aliphatic heterocycles. The van der Waals surface area contributed by atoms with Gasteiger partial charge in [-0.25, -0.2) is 0 Å². The first-order chi connectivity index (χ1) is 6.98. The molecule has 0 unspecified atom stereocenters. The zero-order chi connectivity index (χ0) is 11.7. The van der Waals surface area contributed by atoms with Gasteiger partial charge in [-0.1, -0.05) is 73.1 Å². The lowest BCUT2D eigenvalue weighted by Crippen LogP contribution is -2.10. The van der Waals surface area contributed by atoms with Crippen molar-refractivity contribution in [3.05, 3.63) is 0 Å². The zero-order valence-electron chi connectivity index (χ0n) is 11.7. The fourth-order valence-electron chi connectivity index (χ4n) is 2.11. The number of rotatable bonds is 9. The molecule has 0 nitrogen and oxygen atoms in total. The molecule has 0 spiro atoms. The summed E-state index contributed by atoms with van der Waals surface area (Å²) in [7, 11) is 0. The van der Waals surface area contributed by atoms with Gasteiger partial charge in [0, 0.05) is 0 Å². The Morgan fingerprint density at radius 1 is 0.867 bits per heavy atom. The van der Waals surface area contributed by atoms with Gasteiger partial charge in [0.05, 0.1) is 0 Å². The Balaban J connectivity index is 3.40. The first-order valence-electron chi connectivity index (χ1n) is 6.98. The molecule has 0 aromatic rings. The van der Waals surface area contributed by atoms with Crippen molar-refractivity contribution in [3.63, 3.8) is 0 Å². The van der Waals surface area contributed by atoms with Crippen LogP contribution in [0.15, 0.2) is 0 Å². The average molecular weight is 212 g/mol. The molecule has 0 bridgehead atoms. The van der Waals surface area contributed by atoms with E-state index in [0.29, 0.717) is 5.41 Å². The van der Waals surface area contributed by atoms with Crippen LogP contribution < -0.4 is 0 Å². The predicted octanol–water partition coefficient (Wildman–Crippen LogP) is 5.81.